The smallest absolute Gasteiger partial charge is 0.124 e. The molecule has 0 amide bonds. The number of fused-ring (bicyclic) bond motifs is 1. The van der Waals surface area contributed by atoms with Crippen LogP contribution in [0.1, 0.15) is 35.6 Å². The van der Waals surface area contributed by atoms with E-state index in [1.54, 1.807) is 7.11 Å². The first-order valence-corrected chi connectivity index (χ1v) is 5.89. The van der Waals surface area contributed by atoms with Gasteiger partial charge in [-0.15, -0.1) is 0 Å². The second-order valence-corrected chi connectivity index (χ2v) is 4.50. The van der Waals surface area contributed by atoms with Crippen molar-refractivity contribution in [3.8, 4) is 5.75 Å². The minimum absolute atomic E-state index is 0.459. The van der Waals surface area contributed by atoms with Gasteiger partial charge in [0.1, 0.15) is 5.75 Å². The minimum atomic E-state index is 0.459. The lowest BCUT2D eigenvalue weighted by Gasteiger charge is -2.16. The van der Waals surface area contributed by atoms with Crippen LogP contribution in [-0.2, 0) is 18.0 Å². The Morgan fingerprint density at radius 1 is 1.31 bits per heavy atom. The molecule has 3 nitrogen and oxygen atoms in total. The van der Waals surface area contributed by atoms with Crippen LogP contribution in [0, 0.1) is 0 Å². The number of nitrogens with one attached hydrogen (secondary N) is 1. The van der Waals surface area contributed by atoms with Gasteiger partial charge in [0.2, 0.25) is 0 Å². The molecule has 2 heterocycles. The number of hydrogen-bond donors (Lipinski definition) is 1. The van der Waals surface area contributed by atoms with Crippen molar-refractivity contribution >= 4 is 0 Å². The fraction of sp³-hybridized carbons (Fsp3) is 0.538. The molecule has 1 fully saturated rings. The zero-order valence-corrected chi connectivity index (χ0v) is 9.58. The quantitative estimate of drug-likeness (QED) is 0.826. The molecule has 1 aromatic carbocycles. The highest BCUT2D eigenvalue weighted by molar-refractivity contribution is 5.45. The van der Waals surface area contributed by atoms with Gasteiger partial charge in [0.05, 0.1) is 20.3 Å². The summed E-state index contributed by atoms with van der Waals surface area (Å²) in [4.78, 5) is 0. The lowest BCUT2D eigenvalue weighted by molar-refractivity contribution is 0.134. The Balaban J connectivity index is 2.01. The van der Waals surface area contributed by atoms with Crippen molar-refractivity contribution in [2.45, 2.75) is 32.1 Å². The largest absolute Gasteiger partial charge is 0.496 e. The number of rotatable bonds is 2. The summed E-state index contributed by atoms with van der Waals surface area (Å²) in [5.74, 6) is 1.00. The molecule has 16 heavy (non-hydrogen) atoms. The van der Waals surface area contributed by atoms with Crippen LogP contribution in [0.4, 0.5) is 0 Å². The molecule has 2 aliphatic heterocycles. The molecule has 0 aliphatic carbocycles. The SMILES string of the molecule is COc1cc2c(cc1C1CCCN1)COC2. The minimum Gasteiger partial charge on any atom is -0.496 e. The van der Waals surface area contributed by atoms with Crippen LogP contribution in [0.15, 0.2) is 12.1 Å². The van der Waals surface area contributed by atoms with Gasteiger partial charge in [0.15, 0.2) is 0 Å². The molecule has 3 rings (SSSR count). The van der Waals surface area contributed by atoms with Gasteiger partial charge in [-0.05, 0) is 42.6 Å². The molecule has 1 atom stereocenters. The van der Waals surface area contributed by atoms with Gasteiger partial charge in [-0.2, -0.15) is 0 Å². The second kappa shape index (κ2) is 4.07. The Morgan fingerprint density at radius 2 is 2.12 bits per heavy atom. The third kappa shape index (κ3) is 1.60. The summed E-state index contributed by atoms with van der Waals surface area (Å²) >= 11 is 0. The van der Waals surface area contributed by atoms with Crippen molar-refractivity contribution in [1.29, 1.82) is 0 Å². The average molecular weight is 219 g/mol. The Morgan fingerprint density at radius 3 is 2.81 bits per heavy atom. The summed E-state index contributed by atoms with van der Waals surface area (Å²) < 4.78 is 10.9. The van der Waals surface area contributed by atoms with Crippen LogP contribution in [-0.4, -0.2) is 13.7 Å². The van der Waals surface area contributed by atoms with Gasteiger partial charge in [-0.3, -0.25) is 0 Å². The van der Waals surface area contributed by atoms with E-state index in [0.717, 1.165) is 25.5 Å². The summed E-state index contributed by atoms with van der Waals surface area (Å²) in [7, 11) is 1.75. The van der Waals surface area contributed by atoms with Crippen LogP contribution >= 0.6 is 0 Å². The van der Waals surface area contributed by atoms with Crippen molar-refractivity contribution in [3.05, 3.63) is 28.8 Å². The third-order valence-corrected chi connectivity index (χ3v) is 3.50. The molecule has 0 aromatic heterocycles. The zero-order valence-electron chi connectivity index (χ0n) is 9.58. The van der Waals surface area contributed by atoms with E-state index in [1.165, 1.54) is 29.5 Å². The molecule has 1 aromatic rings. The van der Waals surface area contributed by atoms with E-state index in [-0.39, 0.29) is 0 Å². The molecule has 86 valence electrons. The monoisotopic (exact) mass is 219 g/mol. The van der Waals surface area contributed by atoms with E-state index in [2.05, 4.69) is 17.4 Å². The topological polar surface area (TPSA) is 30.5 Å². The van der Waals surface area contributed by atoms with Crippen LogP contribution < -0.4 is 10.1 Å². The number of methoxy groups -OCH3 is 1. The molecule has 1 N–H and O–H groups in total. The Kier molecular flexibility index (Phi) is 2.58. The predicted octanol–water partition coefficient (Wildman–Crippen LogP) is 2.15. The fourth-order valence-corrected chi connectivity index (χ4v) is 2.62. The van der Waals surface area contributed by atoms with Crippen molar-refractivity contribution < 1.29 is 9.47 Å². The molecule has 1 saturated heterocycles. The maximum atomic E-state index is 5.49. The molecule has 0 radical (unpaired) electrons. The fourth-order valence-electron chi connectivity index (χ4n) is 2.62. The molecule has 2 aliphatic rings. The van der Waals surface area contributed by atoms with Crippen LogP contribution in [0.2, 0.25) is 0 Å². The van der Waals surface area contributed by atoms with Gasteiger partial charge in [0.25, 0.3) is 0 Å². The normalized spacial score (nSPS) is 23.4. The van der Waals surface area contributed by atoms with Crippen molar-refractivity contribution in [2.75, 3.05) is 13.7 Å². The van der Waals surface area contributed by atoms with Crippen molar-refractivity contribution in [3.63, 3.8) is 0 Å². The average Bonchev–Trinajstić information content (AvgIpc) is 2.97. The Bertz CT molecular complexity index is 397. The van der Waals surface area contributed by atoms with Crippen LogP contribution in [0.25, 0.3) is 0 Å². The lowest BCUT2D eigenvalue weighted by Crippen LogP contribution is -2.14. The zero-order chi connectivity index (χ0) is 11.0. The number of ether oxygens (including phenoxy) is 2. The van der Waals surface area contributed by atoms with Crippen LogP contribution in [0.3, 0.4) is 0 Å². The molecular weight excluding hydrogens is 202 g/mol. The van der Waals surface area contributed by atoms with Gasteiger partial charge >= 0.3 is 0 Å². The van der Waals surface area contributed by atoms with Gasteiger partial charge < -0.3 is 14.8 Å². The van der Waals surface area contributed by atoms with Crippen molar-refractivity contribution in [1.82, 2.24) is 5.32 Å². The predicted molar refractivity (Wildman–Crippen MR) is 61.5 cm³/mol. The van der Waals surface area contributed by atoms with Gasteiger partial charge in [-0.25, -0.2) is 0 Å². The molecule has 0 spiro atoms. The highest BCUT2D eigenvalue weighted by Crippen LogP contribution is 2.35. The molecule has 1 unspecified atom stereocenters. The first-order valence-electron chi connectivity index (χ1n) is 5.89. The summed E-state index contributed by atoms with van der Waals surface area (Å²) in [6.07, 6.45) is 2.46. The standard InChI is InChI=1S/C13H17NO2/c1-15-13-6-10-8-16-7-9(10)5-11(13)12-3-2-4-14-12/h5-6,12,14H,2-4,7-8H2,1H3. The third-order valence-electron chi connectivity index (χ3n) is 3.50. The lowest BCUT2D eigenvalue weighted by atomic mass is 9.99. The van der Waals surface area contributed by atoms with E-state index < -0.39 is 0 Å². The summed E-state index contributed by atoms with van der Waals surface area (Å²) in [5.41, 5.74) is 3.90. The van der Waals surface area contributed by atoms with E-state index >= 15 is 0 Å². The van der Waals surface area contributed by atoms with Gasteiger partial charge in [0, 0.05) is 11.6 Å². The summed E-state index contributed by atoms with van der Waals surface area (Å²) in [6, 6.07) is 4.85. The van der Waals surface area contributed by atoms with Crippen molar-refractivity contribution in [2.24, 2.45) is 0 Å². The Labute approximate surface area is 95.8 Å². The number of hydrogen-bond acceptors (Lipinski definition) is 3. The maximum Gasteiger partial charge on any atom is 0.124 e. The van der Waals surface area contributed by atoms with E-state index in [9.17, 15) is 0 Å². The highest BCUT2D eigenvalue weighted by atomic mass is 16.5. The van der Waals surface area contributed by atoms with E-state index in [0.29, 0.717) is 6.04 Å². The van der Waals surface area contributed by atoms with E-state index in [4.69, 9.17) is 9.47 Å². The summed E-state index contributed by atoms with van der Waals surface area (Å²) in [5, 5.41) is 3.52. The second-order valence-electron chi connectivity index (χ2n) is 4.50. The van der Waals surface area contributed by atoms with Gasteiger partial charge in [-0.1, -0.05) is 0 Å². The molecular formula is C13H17NO2. The van der Waals surface area contributed by atoms with E-state index in [1.807, 2.05) is 0 Å². The first-order chi connectivity index (χ1) is 7.88. The molecule has 3 heteroatoms. The highest BCUT2D eigenvalue weighted by Gasteiger charge is 2.23. The summed E-state index contributed by atoms with van der Waals surface area (Å²) in [6.45, 7) is 2.59. The Hall–Kier alpha value is -1.06. The number of benzene rings is 1. The maximum absolute atomic E-state index is 5.49. The molecule has 0 bridgehead atoms. The first kappa shape index (κ1) is 10.1. The molecule has 0 saturated carbocycles. The van der Waals surface area contributed by atoms with Crippen LogP contribution in [0.5, 0.6) is 5.75 Å².